The van der Waals surface area contributed by atoms with Crippen molar-refractivity contribution in [3.63, 3.8) is 0 Å². The van der Waals surface area contributed by atoms with Crippen LogP contribution in [0.3, 0.4) is 0 Å². The molecule has 144 valence electrons. The third-order valence-electron chi connectivity index (χ3n) is 5.58. The maximum Gasteiger partial charge on any atom is 0.157 e. The van der Waals surface area contributed by atoms with Crippen molar-refractivity contribution < 1.29 is 9.47 Å². The number of aryl methyl sites for hydroxylation is 2. The highest BCUT2D eigenvalue weighted by Gasteiger charge is 2.25. The summed E-state index contributed by atoms with van der Waals surface area (Å²) in [5.74, 6) is 0.515. The Kier molecular flexibility index (Phi) is 6.60. The van der Waals surface area contributed by atoms with Crippen LogP contribution in [0, 0.1) is 13.8 Å². The van der Waals surface area contributed by atoms with Crippen molar-refractivity contribution in [2.24, 2.45) is 0 Å². The van der Waals surface area contributed by atoms with Gasteiger partial charge in [-0.2, -0.15) is 0 Å². The molecular formula is C22H34N2O2. The lowest BCUT2D eigenvalue weighted by atomic mass is 9.92. The van der Waals surface area contributed by atoms with Gasteiger partial charge in [-0.05, 0) is 71.2 Å². The Morgan fingerprint density at radius 1 is 1.00 bits per heavy atom. The van der Waals surface area contributed by atoms with Crippen LogP contribution in [0.5, 0.6) is 0 Å². The molecular weight excluding hydrogens is 324 g/mol. The minimum atomic E-state index is -0.0705. The summed E-state index contributed by atoms with van der Waals surface area (Å²) in [6, 6.07) is 9.20. The van der Waals surface area contributed by atoms with Gasteiger partial charge in [-0.1, -0.05) is 0 Å². The maximum atomic E-state index is 5.69. The van der Waals surface area contributed by atoms with Crippen LogP contribution in [0.4, 0.5) is 0 Å². The molecule has 0 spiro atoms. The van der Waals surface area contributed by atoms with Gasteiger partial charge in [0.15, 0.2) is 6.29 Å². The Balaban J connectivity index is 1.72. The second kappa shape index (κ2) is 8.92. The summed E-state index contributed by atoms with van der Waals surface area (Å²) in [5, 5.41) is 0. The van der Waals surface area contributed by atoms with Crippen LogP contribution >= 0.6 is 0 Å². The molecule has 0 aliphatic carbocycles. The third kappa shape index (κ3) is 4.07. The van der Waals surface area contributed by atoms with Crippen LogP contribution in [-0.2, 0) is 22.6 Å². The average molecular weight is 359 g/mol. The molecule has 0 fully saturated rings. The van der Waals surface area contributed by atoms with Crippen molar-refractivity contribution >= 4 is 0 Å². The van der Waals surface area contributed by atoms with Gasteiger partial charge in [0.2, 0.25) is 0 Å². The van der Waals surface area contributed by atoms with Gasteiger partial charge in [0, 0.05) is 61.4 Å². The van der Waals surface area contributed by atoms with E-state index in [2.05, 4.69) is 47.2 Å². The van der Waals surface area contributed by atoms with Crippen LogP contribution in [0.15, 0.2) is 24.3 Å². The number of aromatic nitrogens is 2. The lowest BCUT2D eigenvalue weighted by molar-refractivity contribution is -0.140. The van der Waals surface area contributed by atoms with E-state index in [4.69, 9.17) is 9.47 Å². The molecule has 4 nitrogen and oxygen atoms in total. The minimum Gasteiger partial charge on any atom is -0.353 e. The summed E-state index contributed by atoms with van der Waals surface area (Å²) in [6.07, 6.45) is 4.44. The number of rotatable bonds is 9. The van der Waals surface area contributed by atoms with E-state index >= 15 is 0 Å². The van der Waals surface area contributed by atoms with Gasteiger partial charge < -0.3 is 18.6 Å². The van der Waals surface area contributed by atoms with E-state index in [9.17, 15) is 0 Å². The molecule has 0 saturated carbocycles. The van der Waals surface area contributed by atoms with Crippen LogP contribution < -0.4 is 0 Å². The molecule has 1 unspecified atom stereocenters. The van der Waals surface area contributed by atoms with Gasteiger partial charge in [-0.3, -0.25) is 0 Å². The highest BCUT2D eigenvalue weighted by molar-refractivity contribution is 5.31. The normalized spacial score (nSPS) is 17.0. The van der Waals surface area contributed by atoms with Crippen LogP contribution in [-0.4, -0.2) is 28.6 Å². The molecule has 0 bridgehead atoms. The molecule has 2 aromatic rings. The molecule has 3 rings (SSSR count). The fourth-order valence-corrected chi connectivity index (χ4v) is 4.30. The third-order valence-corrected chi connectivity index (χ3v) is 5.58. The first kappa shape index (κ1) is 19.2. The van der Waals surface area contributed by atoms with Crippen molar-refractivity contribution in [1.29, 1.82) is 0 Å². The van der Waals surface area contributed by atoms with E-state index in [1.54, 1.807) is 0 Å². The SMILES string of the molecule is CCOC(CCCn1c(C)ccc1C1CCCn2c(C)ccc21)OCC. The van der Waals surface area contributed by atoms with Crippen LogP contribution in [0.2, 0.25) is 0 Å². The van der Waals surface area contributed by atoms with Crippen molar-refractivity contribution in [3.8, 4) is 0 Å². The summed E-state index contributed by atoms with van der Waals surface area (Å²) in [7, 11) is 0. The predicted octanol–water partition coefficient (Wildman–Crippen LogP) is 5.01. The van der Waals surface area contributed by atoms with E-state index in [0.717, 1.165) is 25.9 Å². The lowest BCUT2D eigenvalue weighted by Crippen LogP contribution is -2.21. The van der Waals surface area contributed by atoms with Crippen LogP contribution in [0.1, 0.15) is 68.2 Å². The summed E-state index contributed by atoms with van der Waals surface area (Å²) in [6.45, 7) is 12.1. The van der Waals surface area contributed by atoms with Crippen molar-refractivity contribution in [1.82, 2.24) is 9.13 Å². The van der Waals surface area contributed by atoms with E-state index in [1.165, 1.54) is 35.6 Å². The maximum absolute atomic E-state index is 5.69. The molecule has 0 saturated heterocycles. The van der Waals surface area contributed by atoms with Gasteiger partial charge >= 0.3 is 0 Å². The Morgan fingerprint density at radius 2 is 1.69 bits per heavy atom. The topological polar surface area (TPSA) is 28.3 Å². The fourth-order valence-electron chi connectivity index (χ4n) is 4.30. The molecule has 1 atom stereocenters. The van der Waals surface area contributed by atoms with Gasteiger partial charge in [0.1, 0.15) is 0 Å². The van der Waals surface area contributed by atoms with Crippen molar-refractivity contribution in [3.05, 3.63) is 47.0 Å². The molecule has 4 heteroatoms. The number of fused-ring (bicyclic) bond motifs is 1. The zero-order valence-corrected chi connectivity index (χ0v) is 16.8. The van der Waals surface area contributed by atoms with Gasteiger partial charge in [0.05, 0.1) is 0 Å². The lowest BCUT2D eigenvalue weighted by Gasteiger charge is -2.28. The standard InChI is InChI=1S/C22H34N2O2/c1-5-25-22(26-6-2)10-8-16-24-18(4)12-14-21(24)19-9-7-15-23-17(3)11-13-20(19)23/h11-14,19,22H,5-10,15-16H2,1-4H3. The molecule has 0 radical (unpaired) electrons. The molecule has 0 aromatic carbocycles. The van der Waals surface area contributed by atoms with E-state index < -0.39 is 0 Å². The van der Waals surface area contributed by atoms with Gasteiger partial charge in [-0.25, -0.2) is 0 Å². The first-order chi connectivity index (χ1) is 12.7. The molecule has 3 heterocycles. The summed E-state index contributed by atoms with van der Waals surface area (Å²) < 4.78 is 16.4. The summed E-state index contributed by atoms with van der Waals surface area (Å²) >= 11 is 0. The zero-order chi connectivity index (χ0) is 18.5. The summed E-state index contributed by atoms with van der Waals surface area (Å²) in [5.41, 5.74) is 5.68. The quantitative estimate of drug-likeness (QED) is 0.589. The van der Waals surface area contributed by atoms with E-state index in [-0.39, 0.29) is 6.29 Å². The largest absolute Gasteiger partial charge is 0.353 e. The number of nitrogens with zero attached hydrogens (tertiary/aromatic N) is 2. The monoisotopic (exact) mass is 358 g/mol. The number of hydrogen-bond acceptors (Lipinski definition) is 2. The Labute approximate surface area is 158 Å². The van der Waals surface area contributed by atoms with Crippen molar-refractivity contribution in [2.75, 3.05) is 13.2 Å². The molecule has 26 heavy (non-hydrogen) atoms. The second-order valence-corrected chi connectivity index (χ2v) is 7.28. The second-order valence-electron chi connectivity index (χ2n) is 7.28. The first-order valence-corrected chi connectivity index (χ1v) is 10.2. The number of ether oxygens (including phenoxy) is 2. The molecule has 2 aromatic heterocycles. The molecule has 1 aliphatic heterocycles. The Morgan fingerprint density at radius 3 is 2.42 bits per heavy atom. The average Bonchev–Trinajstić information content (AvgIpc) is 3.19. The Hall–Kier alpha value is -1.52. The van der Waals surface area contributed by atoms with E-state index in [1.807, 2.05) is 13.8 Å². The fraction of sp³-hybridized carbons (Fsp3) is 0.636. The molecule has 0 N–H and O–H groups in total. The van der Waals surface area contributed by atoms with Gasteiger partial charge in [0.25, 0.3) is 0 Å². The predicted molar refractivity (Wildman–Crippen MR) is 106 cm³/mol. The highest BCUT2D eigenvalue weighted by Crippen LogP contribution is 2.35. The summed E-state index contributed by atoms with van der Waals surface area (Å²) in [4.78, 5) is 0. The van der Waals surface area contributed by atoms with Crippen molar-refractivity contribution in [2.45, 2.75) is 78.7 Å². The highest BCUT2D eigenvalue weighted by atomic mass is 16.7. The van der Waals surface area contributed by atoms with E-state index in [0.29, 0.717) is 19.1 Å². The molecule has 1 aliphatic rings. The number of hydrogen-bond donors (Lipinski definition) is 0. The smallest absolute Gasteiger partial charge is 0.157 e. The zero-order valence-electron chi connectivity index (χ0n) is 16.8. The first-order valence-electron chi connectivity index (χ1n) is 10.2. The minimum absolute atomic E-state index is 0.0705. The Bertz CT molecular complexity index is 695. The van der Waals surface area contributed by atoms with Crippen LogP contribution in [0.25, 0.3) is 0 Å². The molecule has 0 amide bonds. The van der Waals surface area contributed by atoms with Gasteiger partial charge in [-0.15, -0.1) is 0 Å².